The molecule has 0 aliphatic carbocycles. The van der Waals surface area contributed by atoms with Crippen LogP contribution in [-0.2, 0) is 13.2 Å². The second kappa shape index (κ2) is 9.36. The molecule has 3 aromatic carbocycles. The van der Waals surface area contributed by atoms with E-state index in [1.807, 2.05) is 54.6 Å². The van der Waals surface area contributed by atoms with Crippen LogP contribution in [-0.4, -0.2) is 7.11 Å². The predicted octanol–water partition coefficient (Wildman–Crippen LogP) is 6.96. The Bertz CT molecular complexity index is 899. The van der Waals surface area contributed by atoms with Crippen LogP contribution in [0.3, 0.4) is 0 Å². The van der Waals surface area contributed by atoms with Crippen molar-refractivity contribution in [3.63, 3.8) is 0 Å². The van der Waals surface area contributed by atoms with Crippen molar-refractivity contribution in [3.05, 3.63) is 86.3 Å². The zero-order valence-corrected chi connectivity index (χ0v) is 17.7. The molecule has 0 unspecified atom stereocenters. The van der Waals surface area contributed by atoms with Gasteiger partial charge in [-0.2, -0.15) is 0 Å². The van der Waals surface area contributed by atoms with E-state index in [-0.39, 0.29) is 0 Å². The molecule has 0 atom stereocenters. The van der Waals surface area contributed by atoms with Crippen molar-refractivity contribution in [2.45, 2.75) is 13.2 Å². The lowest BCUT2D eigenvalue weighted by molar-refractivity contribution is 0.284. The summed E-state index contributed by atoms with van der Waals surface area (Å²) in [5.41, 5.74) is 2.95. The monoisotopic (exact) mass is 465 g/mol. The maximum absolute atomic E-state index is 6.45. The molecule has 0 spiro atoms. The summed E-state index contributed by atoms with van der Waals surface area (Å²) in [5.74, 6) is 1.24. The lowest BCUT2D eigenvalue weighted by atomic mass is 10.2. The van der Waals surface area contributed by atoms with E-state index in [0.717, 1.165) is 21.3 Å². The molecular formula is C21H18BrCl2NO2. The summed E-state index contributed by atoms with van der Waals surface area (Å²) >= 11 is 15.8. The van der Waals surface area contributed by atoms with Gasteiger partial charge in [0.05, 0.1) is 7.11 Å². The molecule has 0 amide bonds. The number of anilines is 1. The van der Waals surface area contributed by atoms with Crippen LogP contribution in [0.4, 0.5) is 5.69 Å². The van der Waals surface area contributed by atoms with Gasteiger partial charge in [-0.25, -0.2) is 0 Å². The fourth-order valence-electron chi connectivity index (χ4n) is 2.49. The summed E-state index contributed by atoms with van der Waals surface area (Å²) in [4.78, 5) is 0. The van der Waals surface area contributed by atoms with Crippen LogP contribution in [0.2, 0.25) is 10.0 Å². The number of rotatable bonds is 7. The van der Waals surface area contributed by atoms with Gasteiger partial charge in [-0.1, -0.05) is 51.3 Å². The number of benzene rings is 3. The quantitative estimate of drug-likeness (QED) is 0.408. The van der Waals surface area contributed by atoms with Crippen molar-refractivity contribution in [2.24, 2.45) is 0 Å². The van der Waals surface area contributed by atoms with Crippen LogP contribution >= 0.6 is 39.1 Å². The molecule has 3 rings (SSSR count). The molecule has 1 N–H and O–H groups in total. The Morgan fingerprint density at radius 2 is 1.63 bits per heavy atom. The van der Waals surface area contributed by atoms with Crippen molar-refractivity contribution in [3.8, 4) is 11.5 Å². The Labute approximate surface area is 177 Å². The highest BCUT2D eigenvalue weighted by Gasteiger charge is 2.11. The second-order valence-electron chi connectivity index (χ2n) is 5.87. The van der Waals surface area contributed by atoms with E-state index in [1.54, 1.807) is 13.2 Å². The number of nitrogens with one attached hydrogen (secondary N) is 1. The molecule has 0 heterocycles. The minimum Gasteiger partial charge on any atom is -0.493 e. The molecule has 140 valence electrons. The fraction of sp³-hybridized carbons (Fsp3) is 0.143. The summed E-state index contributed by atoms with van der Waals surface area (Å²) in [7, 11) is 1.62. The third kappa shape index (κ3) is 5.55. The zero-order valence-electron chi connectivity index (χ0n) is 14.6. The average molecular weight is 467 g/mol. The highest BCUT2D eigenvalue weighted by atomic mass is 79.9. The van der Waals surface area contributed by atoms with Crippen LogP contribution in [0.15, 0.2) is 65.1 Å². The lowest BCUT2D eigenvalue weighted by Gasteiger charge is -2.15. The minimum absolute atomic E-state index is 0.403. The van der Waals surface area contributed by atoms with E-state index >= 15 is 0 Å². The number of ether oxygens (including phenoxy) is 2. The first-order valence-electron chi connectivity index (χ1n) is 8.28. The lowest BCUT2D eigenvalue weighted by Crippen LogP contribution is -2.03. The normalized spacial score (nSPS) is 10.5. The summed E-state index contributed by atoms with van der Waals surface area (Å²) < 4.78 is 12.4. The van der Waals surface area contributed by atoms with Gasteiger partial charge in [0.1, 0.15) is 6.61 Å². The molecule has 27 heavy (non-hydrogen) atoms. The number of methoxy groups -OCH3 is 1. The third-order valence-electron chi connectivity index (χ3n) is 3.97. The van der Waals surface area contributed by atoms with E-state index in [9.17, 15) is 0 Å². The van der Waals surface area contributed by atoms with Gasteiger partial charge in [-0.15, -0.1) is 0 Å². The van der Waals surface area contributed by atoms with E-state index < -0.39 is 0 Å². The Morgan fingerprint density at radius 1 is 0.926 bits per heavy atom. The van der Waals surface area contributed by atoms with Crippen LogP contribution in [0.5, 0.6) is 11.5 Å². The standard InChI is InChI=1S/C21H18BrCl2NO2/c1-26-20-10-15(12-25-18-8-4-16(22)5-9-18)19(24)11-21(20)27-13-14-2-6-17(23)7-3-14/h2-11,25H,12-13H2,1H3. The Morgan fingerprint density at radius 3 is 2.30 bits per heavy atom. The first-order valence-corrected chi connectivity index (χ1v) is 9.83. The molecular weight excluding hydrogens is 449 g/mol. The van der Waals surface area contributed by atoms with Crippen molar-refractivity contribution < 1.29 is 9.47 Å². The summed E-state index contributed by atoms with van der Waals surface area (Å²) in [6.07, 6.45) is 0. The predicted molar refractivity (Wildman–Crippen MR) is 115 cm³/mol. The van der Waals surface area contributed by atoms with Crippen molar-refractivity contribution in [1.29, 1.82) is 0 Å². The summed E-state index contributed by atoms with van der Waals surface area (Å²) in [6.45, 7) is 0.981. The van der Waals surface area contributed by atoms with E-state index in [1.165, 1.54) is 0 Å². The highest BCUT2D eigenvalue weighted by molar-refractivity contribution is 9.10. The maximum atomic E-state index is 6.45. The molecule has 0 aliphatic heterocycles. The van der Waals surface area contributed by atoms with Gasteiger partial charge in [0.2, 0.25) is 0 Å². The zero-order chi connectivity index (χ0) is 19.2. The Kier molecular flexibility index (Phi) is 6.89. The molecule has 6 heteroatoms. The molecule has 0 aliphatic rings. The van der Waals surface area contributed by atoms with Gasteiger partial charge >= 0.3 is 0 Å². The Balaban J connectivity index is 1.70. The topological polar surface area (TPSA) is 30.5 Å². The Hall–Kier alpha value is -1.88. The van der Waals surface area contributed by atoms with Gasteiger partial charge in [0, 0.05) is 32.8 Å². The molecule has 0 bridgehead atoms. The maximum Gasteiger partial charge on any atom is 0.163 e. The molecule has 0 saturated heterocycles. The third-order valence-corrected chi connectivity index (χ3v) is 5.10. The molecule has 0 radical (unpaired) electrons. The van der Waals surface area contributed by atoms with Crippen molar-refractivity contribution in [1.82, 2.24) is 0 Å². The minimum atomic E-state index is 0.403. The molecule has 0 aromatic heterocycles. The molecule has 0 saturated carbocycles. The van der Waals surface area contributed by atoms with E-state index in [4.69, 9.17) is 32.7 Å². The highest BCUT2D eigenvalue weighted by Crippen LogP contribution is 2.34. The molecule has 0 fully saturated rings. The van der Waals surface area contributed by atoms with Crippen LogP contribution < -0.4 is 14.8 Å². The van der Waals surface area contributed by atoms with Crippen molar-refractivity contribution in [2.75, 3.05) is 12.4 Å². The fourth-order valence-corrected chi connectivity index (χ4v) is 3.10. The average Bonchev–Trinajstić information content (AvgIpc) is 2.68. The SMILES string of the molecule is COc1cc(CNc2ccc(Br)cc2)c(Cl)cc1OCc1ccc(Cl)cc1. The number of halogens is 3. The number of hydrogen-bond donors (Lipinski definition) is 1. The molecule has 3 aromatic rings. The van der Waals surface area contributed by atoms with E-state index in [2.05, 4.69) is 21.2 Å². The first kappa shape index (κ1) is 19.9. The van der Waals surface area contributed by atoms with Crippen LogP contribution in [0, 0.1) is 0 Å². The molecule has 3 nitrogen and oxygen atoms in total. The van der Waals surface area contributed by atoms with Gasteiger partial charge in [-0.05, 0) is 53.6 Å². The largest absolute Gasteiger partial charge is 0.493 e. The van der Waals surface area contributed by atoms with Gasteiger partial charge < -0.3 is 14.8 Å². The number of hydrogen-bond acceptors (Lipinski definition) is 3. The van der Waals surface area contributed by atoms with Gasteiger partial charge in [-0.3, -0.25) is 0 Å². The first-order chi connectivity index (χ1) is 13.0. The van der Waals surface area contributed by atoms with Crippen LogP contribution in [0.1, 0.15) is 11.1 Å². The summed E-state index contributed by atoms with van der Waals surface area (Å²) in [5, 5.41) is 4.66. The van der Waals surface area contributed by atoms with E-state index in [0.29, 0.717) is 34.7 Å². The van der Waals surface area contributed by atoms with Crippen molar-refractivity contribution >= 4 is 44.8 Å². The second-order valence-corrected chi connectivity index (χ2v) is 7.63. The smallest absolute Gasteiger partial charge is 0.163 e. The summed E-state index contributed by atoms with van der Waals surface area (Å²) in [6, 6.07) is 19.2. The van der Waals surface area contributed by atoms with Gasteiger partial charge in [0.15, 0.2) is 11.5 Å². The van der Waals surface area contributed by atoms with Gasteiger partial charge in [0.25, 0.3) is 0 Å². The van der Waals surface area contributed by atoms with Crippen LogP contribution in [0.25, 0.3) is 0 Å².